The van der Waals surface area contributed by atoms with Gasteiger partial charge in [-0.2, -0.15) is 5.26 Å². The van der Waals surface area contributed by atoms with Crippen LogP contribution in [-0.4, -0.2) is 32.4 Å². The average Bonchev–Trinajstić information content (AvgIpc) is 3.18. The molecular weight excluding hydrogens is 352 g/mol. The van der Waals surface area contributed by atoms with E-state index < -0.39 is 10.0 Å². The molecule has 1 heterocycles. The number of carbonyl (C=O) groups is 1. The molecule has 1 fully saturated rings. The third-order valence-electron chi connectivity index (χ3n) is 4.08. The molecule has 134 valence electrons. The predicted octanol–water partition coefficient (Wildman–Crippen LogP) is 2.99. The molecule has 1 aliphatic heterocycles. The predicted molar refractivity (Wildman–Crippen MR) is 98.2 cm³/mol. The molecule has 0 radical (unpaired) electrons. The summed E-state index contributed by atoms with van der Waals surface area (Å²) in [4.78, 5) is 14.0. The number of nitrogens with zero attached hydrogens (tertiary/aromatic N) is 2. The third-order valence-corrected chi connectivity index (χ3v) is 5.44. The first-order chi connectivity index (χ1) is 12.5. The molecule has 0 spiro atoms. The largest absolute Gasteiger partial charge is 0.325 e. The first-order valence-electron chi connectivity index (χ1n) is 8.17. The second-order valence-corrected chi connectivity index (χ2v) is 7.60. The number of likely N-dealkylation sites (tertiary alicyclic amines) is 1. The molecule has 26 heavy (non-hydrogen) atoms. The fourth-order valence-corrected chi connectivity index (χ4v) is 3.86. The highest BCUT2D eigenvalue weighted by Gasteiger charge is 2.20. The van der Waals surface area contributed by atoms with Crippen molar-refractivity contribution in [3.05, 3.63) is 54.1 Å². The number of benzene rings is 2. The lowest BCUT2D eigenvalue weighted by Gasteiger charge is -2.18. The van der Waals surface area contributed by atoms with Gasteiger partial charge in [-0.25, -0.2) is 13.2 Å². The highest BCUT2D eigenvalue weighted by molar-refractivity contribution is 7.92. The monoisotopic (exact) mass is 370 g/mol. The Morgan fingerprint density at radius 1 is 1.04 bits per heavy atom. The fourth-order valence-electron chi connectivity index (χ4n) is 2.73. The van der Waals surface area contributed by atoms with Crippen LogP contribution in [0, 0.1) is 11.3 Å². The Morgan fingerprint density at radius 2 is 1.73 bits per heavy atom. The Hall–Kier alpha value is -3.05. The number of sulfonamides is 1. The summed E-state index contributed by atoms with van der Waals surface area (Å²) in [7, 11) is -3.89. The topological polar surface area (TPSA) is 102 Å². The number of rotatable bonds is 4. The smallest absolute Gasteiger partial charge is 0.321 e. The first-order valence-corrected chi connectivity index (χ1v) is 9.66. The van der Waals surface area contributed by atoms with Gasteiger partial charge >= 0.3 is 6.03 Å². The van der Waals surface area contributed by atoms with Crippen LogP contribution in [0.1, 0.15) is 18.4 Å². The van der Waals surface area contributed by atoms with E-state index in [4.69, 9.17) is 5.26 Å². The average molecular weight is 370 g/mol. The summed E-state index contributed by atoms with van der Waals surface area (Å²) in [5, 5.41) is 11.7. The third kappa shape index (κ3) is 3.95. The summed E-state index contributed by atoms with van der Waals surface area (Å²) in [6.07, 6.45) is 1.94. The lowest BCUT2D eigenvalue weighted by atomic mass is 10.2. The SMILES string of the molecule is N#Cc1cccc(S(=O)(=O)Nc2ccccc2NC(=O)N2CCCC2)c1. The maximum atomic E-state index is 12.6. The molecule has 8 heteroatoms. The number of para-hydroxylation sites is 2. The Bertz CT molecular complexity index is 960. The molecule has 0 atom stereocenters. The summed E-state index contributed by atoms with van der Waals surface area (Å²) in [6.45, 7) is 1.39. The van der Waals surface area contributed by atoms with Gasteiger partial charge in [-0.15, -0.1) is 0 Å². The van der Waals surface area contributed by atoms with Gasteiger partial charge in [0.2, 0.25) is 0 Å². The van der Waals surface area contributed by atoms with Gasteiger partial charge in [0.05, 0.1) is 27.9 Å². The van der Waals surface area contributed by atoms with Crippen molar-refractivity contribution in [3.63, 3.8) is 0 Å². The highest BCUT2D eigenvalue weighted by Crippen LogP contribution is 2.25. The van der Waals surface area contributed by atoms with Gasteiger partial charge in [0.25, 0.3) is 10.0 Å². The molecule has 2 aromatic carbocycles. The number of anilines is 2. The molecule has 2 aromatic rings. The van der Waals surface area contributed by atoms with E-state index in [0.29, 0.717) is 18.8 Å². The zero-order valence-electron chi connectivity index (χ0n) is 14.0. The zero-order chi connectivity index (χ0) is 18.6. The van der Waals surface area contributed by atoms with Crippen LogP contribution in [0.5, 0.6) is 0 Å². The molecule has 0 aromatic heterocycles. The van der Waals surface area contributed by atoms with Crippen LogP contribution in [-0.2, 0) is 10.0 Å². The summed E-state index contributed by atoms with van der Waals surface area (Å²) in [5.41, 5.74) is 0.898. The maximum absolute atomic E-state index is 12.6. The normalized spacial score (nSPS) is 13.9. The first kappa shape index (κ1) is 17.8. The number of amides is 2. The molecular formula is C18H18N4O3S. The number of urea groups is 1. The molecule has 1 aliphatic rings. The Labute approximate surface area is 152 Å². The number of hydrogen-bond acceptors (Lipinski definition) is 4. The molecule has 7 nitrogen and oxygen atoms in total. The minimum absolute atomic E-state index is 0.0165. The van der Waals surface area contributed by atoms with Crippen LogP contribution in [0.15, 0.2) is 53.4 Å². The molecule has 3 rings (SSSR count). The van der Waals surface area contributed by atoms with Crippen LogP contribution in [0.4, 0.5) is 16.2 Å². The van der Waals surface area contributed by atoms with Gasteiger partial charge in [-0.1, -0.05) is 18.2 Å². The maximum Gasteiger partial charge on any atom is 0.321 e. The summed E-state index contributed by atoms with van der Waals surface area (Å²) >= 11 is 0. The van der Waals surface area contributed by atoms with E-state index >= 15 is 0 Å². The molecule has 0 bridgehead atoms. The van der Waals surface area contributed by atoms with E-state index in [1.54, 1.807) is 29.2 Å². The van der Waals surface area contributed by atoms with Crippen LogP contribution >= 0.6 is 0 Å². The van der Waals surface area contributed by atoms with Crippen molar-refractivity contribution in [2.75, 3.05) is 23.1 Å². The summed E-state index contributed by atoms with van der Waals surface area (Å²) < 4.78 is 27.7. The van der Waals surface area contributed by atoms with Gasteiger partial charge in [0, 0.05) is 13.1 Å². The second-order valence-electron chi connectivity index (χ2n) is 5.92. The standard InChI is InChI=1S/C18H18N4O3S/c19-13-14-6-5-7-15(12-14)26(24,25)21-17-9-2-1-8-16(17)20-18(23)22-10-3-4-11-22/h1-2,5-9,12,21H,3-4,10-11H2,(H,20,23). The minimum Gasteiger partial charge on any atom is -0.325 e. The molecule has 2 N–H and O–H groups in total. The van der Waals surface area contributed by atoms with E-state index in [0.717, 1.165) is 12.8 Å². The lowest BCUT2D eigenvalue weighted by Crippen LogP contribution is -2.32. The quantitative estimate of drug-likeness (QED) is 0.863. The van der Waals surface area contributed by atoms with Gasteiger partial charge < -0.3 is 10.2 Å². The lowest BCUT2D eigenvalue weighted by molar-refractivity contribution is 0.222. The number of hydrogen-bond donors (Lipinski definition) is 2. The van der Waals surface area contributed by atoms with Crippen molar-refractivity contribution < 1.29 is 13.2 Å². The van der Waals surface area contributed by atoms with Crippen LogP contribution in [0.2, 0.25) is 0 Å². The molecule has 0 saturated carbocycles. The zero-order valence-corrected chi connectivity index (χ0v) is 14.8. The van der Waals surface area contributed by atoms with Crippen LogP contribution in [0.3, 0.4) is 0 Å². The highest BCUT2D eigenvalue weighted by atomic mass is 32.2. The Kier molecular flexibility index (Phi) is 5.09. The van der Waals surface area contributed by atoms with Crippen molar-refractivity contribution in [2.45, 2.75) is 17.7 Å². The van der Waals surface area contributed by atoms with Crippen LogP contribution < -0.4 is 10.0 Å². The number of nitriles is 1. The van der Waals surface area contributed by atoms with E-state index in [1.165, 1.54) is 24.3 Å². The Balaban J connectivity index is 1.83. The molecule has 2 amide bonds. The number of nitrogens with one attached hydrogen (secondary N) is 2. The van der Waals surface area contributed by atoms with Gasteiger partial charge in [-0.3, -0.25) is 4.72 Å². The summed E-state index contributed by atoms with van der Waals surface area (Å²) in [5.74, 6) is 0. The van der Waals surface area contributed by atoms with E-state index in [9.17, 15) is 13.2 Å². The van der Waals surface area contributed by atoms with Crippen molar-refractivity contribution in [2.24, 2.45) is 0 Å². The second kappa shape index (κ2) is 7.45. The molecule has 1 saturated heterocycles. The minimum atomic E-state index is -3.89. The van der Waals surface area contributed by atoms with Crippen molar-refractivity contribution >= 4 is 27.4 Å². The van der Waals surface area contributed by atoms with Crippen molar-refractivity contribution in [1.82, 2.24) is 4.90 Å². The fraction of sp³-hybridized carbons (Fsp3) is 0.222. The van der Waals surface area contributed by atoms with Gasteiger partial charge in [-0.05, 0) is 43.2 Å². The molecule has 0 unspecified atom stereocenters. The van der Waals surface area contributed by atoms with E-state index in [1.807, 2.05) is 6.07 Å². The van der Waals surface area contributed by atoms with Crippen molar-refractivity contribution in [1.29, 1.82) is 5.26 Å². The molecule has 0 aliphatic carbocycles. The van der Waals surface area contributed by atoms with E-state index in [-0.39, 0.29) is 22.2 Å². The Morgan fingerprint density at radius 3 is 2.42 bits per heavy atom. The van der Waals surface area contributed by atoms with Gasteiger partial charge in [0.1, 0.15) is 0 Å². The van der Waals surface area contributed by atoms with Crippen molar-refractivity contribution in [3.8, 4) is 6.07 Å². The summed E-state index contributed by atoms with van der Waals surface area (Å²) in [6, 6.07) is 14.0. The van der Waals surface area contributed by atoms with Gasteiger partial charge in [0.15, 0.2) is 0 Å². The van der Waals surface area contributed by atoms with E-state index in [2.05, 4.69) is 10.0 Å². The van der Waals surface area contributed by atoms with Crippen LogP contribution in [0.25, 0.3) is 0 Å². The number of carbonyl (C=O) groups excluding carboxylic acids is 1.